The molecule has 3 fully saturated rings. The standard InChI is InChI=1S/C14H24N4O2.2C13H20N4O2.C12H18N4O2.C10H16N4O2.2C5H11NO.C4H9NO2/c1-3-5-7-8-11-10-12(19)17-13(16-11)18-14(20)15-9-6-4-2;2*1-9-8-10(18)15-11(14-9)16-12(19)17-13(2)6-4-3-5-7-13;1-12(6-3-2-4-7-12)16-11(18)15-10-13-8-5-9(17)14-10;1-3-4-5-11-10(16)14-9-12-7(2)6-8(15)13-9;2*1-3-5(7)6-4-2;1-3-5-4(6)7-2/h10H,3-9H2,1-2H3,(H3,15,16,17,18,19,20);2*8H,3-7H2,1-2H3,(H3,14,15,16,17,18,19);5,8H,2-4,6-7H2,1H3,(H3,13,14,15,16,17,18);6H,3-5H2,1-2H3,(H3,11,12,13,14,15,16);2*3-4H2,1-2H3,(H,6,7);3H2,1-2H3,(H,5,6). The molecule has 3 aliphatic carbocycles. The lowest BCUT2D eigenvalue weighted by atomic mass is 9.83. The molecule has 0 saturated heterocycles. The number of carbonyl (C=O) groups is 8. The minimum atomic E-state index is -0.373. The number of H-pyrrole nitrogens is 5. The van der Waals surface area contributed by atoms with Crippen LogP contribution < -0.4 is 96.9 Å². The van der Waals surface area contributed by atoms with Crippen molar-refractivity contribution in [1.29, 1.82) is 0 Å². The summed E-state index contributed by atoms with van der Waals surface area (Å²) in [5.41, 5.74) is 0.592. The van der Waals surface area contributed by atoms with Gasteiger partial charge in [-0.3, -0.25) is 85.1 Å². The minimum absolute atomic E-state index is 0.127. The number of nitrogens with one attached hydrogen (secondary N) is 18. The Labute approximate surface area is 662 Å². The van der Waals surface area contributed by atoms with E-state index in [9.17, 15) is 62.3 Å². The van der Waals surface area contributed by atoms with Crippen LogP contribution in [0.15, 0.2) is 60.5 Å². The highest BCUT2D eigenvalue weighted by atomic mass is 16.5. The molecule has 13 amide bonds. The molecule has 37 heteroatoms. The fourth-order valence-corrected chi connectivity index (χ4v) is 11.1. The molecule has 3 saturated carbocycles. The second-order valence-corrected chi connectivity index (χ2v) is 27.7. The fraction of sp³-hybridized carbons (Fsp3) is 0.632. The molecule has 5 aromatic heterocycles. The van der Waals surface area contributed by atoms with E-state index >= 15 is 0 Å². The minimum Gasteiger partial charge on any atom is -0.453 e. The number of urea groups is 5. The van der Waals surface area contributed by atoms with Crippen molar-refractivity contribution in [2.24, 2.45) is 0 Å². The van der Waals surface area contributed by atoms with Gasteiger partial charge in [-0.1, -0.05) is 118 Å². The predicted octanol–water partition coefficient (Wildman–Crippen LogP) is 10.3. The van der Waals surface area contributed by atoms with E-state index in [1.165, 1.54) is 62.9 Å². The summed E-state index contributed by atoms with van der Waals surface area (Å²) < 4.78 is 4.24. The fourth-order valence-electron chi connectivity index (χ4n) is 11.1. The number of amides is 13. The highest BCUT2D eigenvalue weighted by molar-refractivity contribution is 5.90. The number of ether oxygens (including phenoxy) is 1. The molecule has 0 bridgehead atoms. The van der Waals surface area contributed by atoms with Crippen molar-refractivity contribution < 1.29 is 43.1 Å². The van der Waals surface area contributed by atoms with Crippen LogP contribution in [0.3, 0.4) is 0 Å². The maximum absolute atomic E-state index is 11.9. The highest BCUT2D eigenvalue weighted by Crippen LogP contribution is 2.29. The van der Waals surface area contributed by atoms with Crippen LogP contribution in [0.5, 0.6) is 0 Å². The molecule has 18 N–H and O–H groups in total. The third-order valence-corrected chi connectivity index (χ3v) is 16.9. The third kappa shape index (κ3) is 49.1. The van der Waals surface area contributed by atoms with Gasteiger partial charge in [0.05, 0.1) is 7.11 Å². The molecular formula is C76H129N23O14. The van der Waals surface area contributed by atoms with Crippen LogP contribution in [0.2, 0.25) is 0 Å². The normalized spacial score (nSPS) is 13.6. The molecule has 5 heterocycles. The number of carbonyl (C=O) groups excluding carboxylic acids is 8. The summed E-state index contributed by atoms with van der Waals surface area (Å²) >= 11 is 0. The van der Waals surface area contributed by atoms with Crippen LogP contribution in [-0.2, 0) is 20.7 Å². The lowest BCUT2D eigenvalue weighted by molar-refractivity contribution is -0.121. The van der Waals surface area contributed by atoms with Crippen LogP contribution in [0.1, 0.15) is 253 Å². The summed E-state index contributed by atoms with van der Waals surface area (Å²) in [6.07, 6.45) is 26.4. The number of aromatic nitrogens is 10. The van der Waals surface area contributed by atoms with E-state index in [0.717, 1.165) is 142 Å². The molecule has 0 atom stereocenters. The van der Waals surface area contributed by atoms with Crippen LogP contribution in [0, 0.1) is 20.8 Å². The van der Waals surface area contributed by atoms with Gasteiger partial charge in [0.2, 0.25) is 41.6 Å². The monoisotopic (exact) mass is 1590 g/mol. The number of unbranched alkanes of at least 4 members (excludes halogenated alkanes) is 4. The zero-order valence-electron chi connectivity index (χ0n) is 69.1. The first kappa shape index (κ1) is 100.0. The zero-order chi connectivity index (χ0) is 84.6. The van der Waals surface area contributed by atoms with Crippen LogP contribution in [0.4, 0.5) is 58.5 Å². The topological polar surface area (TPSA) is 531 Å². The lowest BCUT2D eigenvalue weighted by Crippen LogP contribution is -2.49. The molecule has 0 spiro atoms. The second kappa shape index (κ2) is 57.1. The summed E-state index contributed by atoms with van der Waals surface area (Å²) in [5.74, 6) is 1.16. The molecule has 0 unspecified atom stereocenters. The van der Waals surface area contributed by atoms with Gasteiger partial charge in [-0.2, -0.15) is 0 Å². The highest BCUT2D eigenvalue weighted by Gasteiger charge is 2.31. The Balaban J connectivity index is 0.000000664. The number of nitrogens with zero attached hydrogens (tertiary/aromatic N) is 5. The SMILES string of the molecule is CC1(NC(=O)Nc2nccc(=O)[nH]2)CCCCC1.CCCCCc1cc(=O)[nH]c(NC(=O)NCCCC)n1.CCCCNC(=O)Nc1nc(C)cc(=O)[nH]1.CCNC(=O)CC.CCNC(=O)CC.CCNC(=O)OC.Cc1cc(=O)[nH]c(NC(=O)NC2(C)CCCCC2)n1.Cc1cc(=O)[nH]c(NC(=O)NC2(C)CCCCC2)n1. The molecule has 113 heavy (non-hydrogen) atoms. The molecule has 0 aromatic carbocycles. The van der Waals surface area contributed by atoms with Gasteiger partial charge in [0.15, 0.2) is 0 Å². The van der Waals surface area contributed by atoms with Crippen molar-refractivity contribution in [3.8, 4) is 0 Å². The number of methoxy groups -OCH3 is 1. The molecule has 37 nitrogen and oxygen atoms in total. The third-order valence-electron chi connectivity index (χ3n) is 16.9. The average molecular weight is 1590 g/mol. The molecule has 632 valence electrons. The maximum atomic E-state index is 11.9. The van der Waals surface area contributed by atoms with E-state index in [1.807, 2.05) is 48.5 Å². The van der Waals surface area contributed by atoms with Crippen molar-refractivity contribution in [3.05, 3.63) is 111 Å². The van der Waals surface area contributed by atoms with Crippen LogP contribution in [-0.4, -0.2) is 154 Å². The van der Waals surface area contributed by atoms with Crippen LogP contribution >= 0.6 is 0 Å². The number of anilines is 5. The molecular weight excluding hydrogens is 1460 g/mol. The smallest absolute Gasteiger partial charge is 0.406 e. The van der Waals surface area contributed by atoms with Gasteiger partial charge in [-0.05, 0) is 127 Å². The Kier molecular flexibility index (Phi) is 50.5. The Bertz CT molecular complexity index is 3810. The lowest BCUT2D eigenvalue weighted by Gasteiger charge is -2.34. The molecule has 8 rings (SSSR count). The molecule has 0 radical (unpaired) electrons. The molecule has 0 aliphatic heterocycles. The van der Waals surface area contributed by atoms with Gasteiger partial charge in [-0.25, -0.2) is 53.7 Å². The van der Waals surface area contributed by atoms with Gasteiger partial charge < -0.3 is 47.3 Å². The number of hydrogen-bond acceptors (Lipinski definition) is 19. The molecule has 3 aliphatic rings. The quantitative estimate of drug-likeness (QED) is 0.0270. The summed E-state index contributed by atoms with van der Waals surface area (Å²) in [6.45, 7) is 30.1. The number of hydrogen-bond donors (Lipinski definition) is 18. The van der Waals surface area contributed by atoms with Crippen molar-refractivity contribution in [3.63, 3.8) is 0 Å². The van der Waals surface area contributed by atoms with E-state index in [1.54, 1.807) is 20.8 Å². The summed E-state index contributed by atoms with van der Waals surface area (Å²) in [7, 11) is 1.34. The first-order valence-electron chi connectivity index (χ1n) is 39.3. The van der Waals surface area contributed by atoms with Gasteiger partial charge in [-0.15, -0.1) is 0 Å². The van der Waals surface area contributed by atoms with Crippen molar-refractivity contribution in [1.82, 2.24) is 92.4 Å². The van der Waals surface area contributed by atoms with Crippen molar-refractivity contribution in [2.75, 3.05) is 66.4 Å². The summed E-state index contributed by atoms with van der Waals surface area (Å²) in [4.78, 5) is 178. The van der Waals surface area contributed by atoms with Crippen molar-refractivity contribution in [2.45, 2.75) is 274 Å². The van der Waals surface area contributed by atoms with E-state index < -0.39 is 0 Å². The average Bonchev–Trinajstić information content (AvgIpc) is 0.857. The largest absolute Gasteiger partial charge is 0.453 e. The first-order chi connectivity index (χ1) is 53.7. The van der Waals surface area contributed by atoms with E-state index in [0.29, 0.717) is 55.3 Å². The number of aryl methyl sites for hydroxylation is 4. The zero-order valence-corrected chi connectivity index (χ0v) is 69.1. The van der Waals surface area contributed by atoms with Gasteiger partial charge in [0.25, 0.3) is 27.8 Å². The second-order valence-electron chi connectivity index (χ2n) is 27.7. The first-order valence-corrected chi connectivity index (χ1v) is 39.3. The van der Waals surface area contributed by atoms with Crippen LogP contribution in [0.25, 0.3) is 0 Å². The maximum Gasteiger partial charge on any atom is 0.406 e. The van der Waals surface area contributed by atoms with Gasteiger partial charge in [0, 0.05) is 121 Å². The van der Waals surface area contributed by atoms with Gasteiger partial charge >= 0.3 is 36.2 Å². The Morgan fingerprint density at radius 3 is 1.00 bits per heavy atom. The summed E-state index contributed by atoms with van der Waals surface area (Å²) in [5, 5.41) is 34.7. The van der Waals surface area contributed by atoms with Crippen molar-refractivity contribution >= 4 is 77.8 Å². The Morgan fingerprint density at radius 2 is 0.708 bits per heavy atom. The van der Waals surface area contributed by atoms with E-state index in [2.05, 4.69) is 151 Å². The number of rotatable bonds is 23. The number of aromatic amines is 5. The van der Waals surface area contributed by atoms with Gasteiger partial charge in [0.1, 0.15) is 0 Å². The Morgan fingerprint density at radius 1 is 0.389 bits per heavy atom. The molecule has 5 aromatic rings. The number of alkyl carbamates (subject to hydrolysis) is 1. The van der Waals surface area contributed by atoms with E-state index in [4.69, 9.17) is 0 Å². The Hall–Kier alpha value is -11.0. The van der Waals surface area contributed by atoms with E-state index in [-0.39, 0.29) is 122 Å². The predicted molar refractivity (Wildman–Crippen MR) is 441 cm³/mol. The summed E-state index contributed by atoms with van der Waals surface area (Å²) in [6, 6.07) is 5.23.